The van der Waals surface area contributed by atoms with Crippen LogP contribution in [0, 0.1) is 11.8 Å². The Balaban J connectivity index is 1.32. The SMILES string of the molecule is CC(C)CN(C)C(=O)[C@@H]1CCCN(C2CCN(c3nc4ccccc4o3)CC2)C1. The van der Waals surface area contributed by atoms with Gasteiger partial charge in [0.2, 0.25) is 5.91 Å². The minimum Gasteiger partial charge on any atom is -0.423 e. The lowest BCUT2D eigenvalue weighted by molar-refractivity contribution is -0.136. The third kappa shape index (κ3) is 4.58. The highest BCUT2D eigenvalue weighted by Gasteiger charge is 2.33. The molecule has 0 N–H and O–H groups in total. The number of anilines is 1. The number of likely N-dealkylation sites (tertiary alicyclic amines) is 1. The van der Waals surface area contributed by atoms with E-state index in [1.165, 1.54) is 0 Å². The molecular formula is C23H34N4O2. The average molecular weight is 399 g/mol. The van der Waals surface area contributed by atoms with E-state index in [0.717, 1.165) is 75.5 Å². The van der Waals surface area contributed by atoms with Gasteiger partial charge in [0.05, 0.1) is 5.92 Å². The molecular weight excluding hydrogens is 364 g/mol. The molecule has 29 heavy (non-hydrogen) atoms. The van der Waals surface area contributed by atoms with Crippen molar-refractivity contribution in [1.82, 2.24) is 14.8 Å². The summed E-state index contributed by atoms with van der Waals surface area (Å²) in [6, 6.07) is 9.24. The van der Waals surface area contributed by atoms with Crippen molar-refractivity contribution in [3.63, 3.8) is 0 Å². The van der Waals surface area contributed by atoms with Gasteiger partial charge in [-0.2, -0.15) is 4.98 Å². The Morgan fingerprint density at radius 1 is 1.21 bits per heavy atom. The summed E-state index contributed by atoms with van der Waals surface area (Å²) in [5.74, 6) is 0.995. The number of amides is 1. The zero-order chi connectivity index (χ0) is 20.4. The standard InChI is InChI=1S/C23H34N4O2/c1-17(2)15-25(3)22(28)18-7-6-12-27(16-18)19-10-13-26(14-11-19)23-24-20-8-4-5-9-21(20)29-23/h4-5,8-9,17-19H,6-7,10-16H2,1-3H3/t18-/m1/s1. The van der Waals surface area contributed by atoms with Gasteiger partial charge in [-0.25, -0.2) is 0 Å². The molecule has 0 radical (unpaired) electrons. The first kappa shape index (κ1) is 20.2. The Labute approximate surface area is 173 Å². The van der Waals surface area contributed by atoms with Crippen LogP contribution in [0.25, 0.3) is 11.1 Å². The lowest BCUT2D eigenvalue weighted by Crippen LogP contribution is -2.51. The Morgan fingerprint density at radius 2 is 1.97 bits per heavy atom. The first-order valence-electron chi connectivity index (χ1n) is 11.1. The highest BCUT2D eigenvalue weighted by atomic mass is 16.4. The van der Waals surface area contributed by atoms with Crippen LogP contribution in [0.3, 0.4) is 0 Å². The van der Waals surface area contributed by atoms with E-state index in [0.29, 0.717) is 17.9 Å². The number of nitrogens with zero attached hydrogens (tertiary/aromatic N) is 4. The Hall–Kier alpha value is -2.08. The van der Waals surface area contributed by atoms with Gasteiger partial charge in [-0.05, 0) is 50.3 Å². The van der Waals surface area contributed by atoms with Crippen molar-refractivity contribution < 1.29 is 9.21 Å². The van der Waals surface area contributed by atoms with Gasteiger partial charge in [-0.3, -0.25) is 9.69 Å². The predicted molar refractivity (Wildman–Crippen MR) is 116 cm³/mol. The van der Waals surface area contributed by atoms with E-state index in [-0.39, 0.29) is 5.92 Å². The smallest absolute Gasteiger partial charge is 0.298 e. The van der Waals surface area contributed by atoms with Gasteiger partial charge in [0.15, 0.2) is 5.58 Å². The van der Waals surface area contributed by atoms with Crippen LogP contribution in [0.5, 0.6) is 0 Å². The van der Waals surface area contributed by atoms with E-state index in [2.05, 4.69) is 28.6 Å². The van der Waals surface area contributed by atoms with Gasteiger partial charge >= 0.3 is 0 Å². The van der Waals surface area contributed by atoms with Gasteiger partial charge in [0.1, 0.15) is 5.52 Å². The van der Waals surface area contributed by atoms with Gasteiger partial charge < -0.3 is 14.2 Å². The first-order chi connectivity index (χ1) is 14.0. The summed E-state index contributed by atoms with van der Waals surface area (Å²) >= 11 is 0. The van der Waals surface area contributed by atoms with E-state index >= 15 is 0 Å². The summed E-state index contributed by atoms with van der Waals surface area (Å²) in [5.41, 5.74) is 1.78. The third-order valence-corrected chi connectivity index (χ3v) is 6.35. The number of carbonyl (C=O) groups excluding carboxylic acids is 1. The summed E-state index contributed by atoms with van der Waals surface area (Å²) in [6.45, 7) is 9.13. The third-order valence-electron chi connectivity index (χ3n) is 6.35. The summed E-state index contributed by atoms with van der Waals surface area (Å²) in [4.78, 5) is 24.3. The second-order valence-electron chi connectivity index (χ2n) is 9.13. The number of benzene rings is 1. The normalized spacial score (nSPS) is 21.8. The maximum atomic E-state index is 12.9. The monoisotopic (exact) mass is 398 g/mol. The number of hydrogen-bond acceptors (Lipinski definition) is 5. The van der Waals surface area contributed by atoms with Crippen molar-refractivity contribution in [2.45, 2.75) is 45.6 Å². The van der Waals surface area contributed by atoms with Crippen molar-refractivity contribution >= 4 is 23.0 Å². The maximum Gasteiger partial charge on any atom is 0.298 e. The molecule has 4 rings (SSSR count). The number of piperidine rings is 2. The molecule has 2 saturated heterocycles. The molecule has 0 spiro atoms. The second-order valence-corrected chi connectivity index (χ2v) is 9.13. The fraction of sp³-hybridized carbons (Fsp3) is 0.652. The van der Waals surface area contributed by atoms with Crippen LogP contribution in [0.2, 0.25) is 0 Å². The molecule has 3 heterocycles. The van der Waals surface area contributed by atoms with Crippen LogP contribution in [-0.4, -0.2) is 66.5 Å². The first-order valence-corrected chi connectivity index (χ1v) is 11.1. The van der Waals surface area contributed by atoms with Crippen LogP contribution in [-0.2, 0) is 4.79 Å². The van der Waals surface area contributed by atoms with E-state index < -0.39 is 0 Å². The summed E-state index contributed by atoms with van der Waals surface area (Å²) in [5, 5.41) is 0. The van der Waals surface area contributed by atoms with Crippen molar-refractivity contribution in [2.24, 2.45) is 11.8 Å². The molecule has 6 nitrogen and oxygen atoms in total. The summed E-state index contributed by atoms with van der Waals surface area (Å²) in [7, 11) is 1.96. The lowest BCUT2D eigenvalue weighted by Gasteiger charge is -2.42. The molecule has 0 saturated carbocycles. The number of carbonyl (C=O) groups is 1. The van der Waals surface area contributed by atoms with Crippen molar-refractivity contribution in [2.75, 3.05) is 44.7 Å². The molecule has 0 unspecified atom stereocenters. The zero-order valence-corrected chi connectivity index (χ0v) is 18.0. The Kier molecular flexibility index (Phi) is 6.09. The van der Waals surface area contributed by atoms with Crippen LogP contribution >= 0.6 is 0 Å². The van der Waals surface area contributed by atoms with Gasteiger partial charge in [-0.15, -0.1) is 0 Å². The van der Waals surface area contributed by atoms with Crippen LogP contribution in [0.1, 0.15) is 39.5 Å². The van der Waals surface area contributed by atoms with Crippen molar-refractivity contribution in [3.05, 3.63) is 24.3 Å². The van der Waals surface area contributed by atoms with Crippen LogP contribution in [0.15, 0.2) is 28.7 Å². The Bertz CT molecular complexity index is 792. The largest absolute Gasteiger partial charge is 0.423 e. The Morgan fingerprint density at radius 3 is 2.69 bits per heavy atom. The van der Waals surface area contributed by atoms with E-state index in [9.17, 15) is 4.79 Å². The van der Waals surface area contributed by atoms with E-state index in [1.54, 1.807) is 0 Å². The number of aromatic nitrogens is 1. The fourth-order valence-electron chi connectivity index (χ4n) is 4.91. The number of rotatable bonds is 5. The average Bonchev–Trinajstić information content (AvgIpc) is 3.17. The molecule has 1 atom stereocenters. The molecule has 2 aromatic rings. The lowest BCUT2D eigenvalue weighted by atomic mass is 9.93. The molecule has 1 aromatic carbocycles. The molecule has 2 aliphatic rings. The molecule has 2 fully saturated rings. The molecule has 1 amide bonds. The number of hydrogen-bond donors (Lipinski definition) is 0. The van der Waals surface area contributed by atoms with Gasteiger partial charge in [0.25, 0.3) is 6.01 Å². The predicted octanol–water partition coefficient (Wildman–Crippen LogP) is 3.62. The molecule has 0 bridgehead atoms. The molecule has 2 aliphatic heterocycles. The highest BCUT2D eigenvalue weighted by Crippen LogP contribution is 2.28. The molecule has 158 valence electrons. The molecule has 0 aliphatic carbocycles. The topological polar surface area (TPSA) is 52.8 Å². The molecule has 1 aromatic heterocycles. The minimum atomic E-state index is 0.155. The van der Waals surface area contributed by atoms with Crippen LogP contribution < -0.4 is 4.90 Å². The van der Waals surface area contributed by atoms with Crippen LogP contribution in [0.4, 0.5) is 6.01 Å². The summed E-state index contributed by atoms with van der Waals surface area (Å²) in [6.07, 6.45) is 4.35. The number of fused-ring (bicyclic) bond motifs is 1. The molecule has 6 heteroatoms. The van der Waals surface area contributed by atoms with Crippen molar-refractivity contribution in [3.8, 4) is 0 Å². The van der Waals surface area contributed by atoms with Gasteiger partial charge in [-0.1, -0.05) is 26.0 Å². The van der Waals surface area contributed by atoms with Gasteiger partial charge in [0, 0.05) is 39.3 Å². The fourth-order valence-corrected chi connectivity index (χ4v) is 4.91. The summed E-state index contributed by atoms with van der Waals surface area (Å²) < 4.78 is 5.95. The minimum absolute atomic E-state index is 0.155. The zero-order valence-electron chi connectivity index (χ0n) is 18.0. The number of oxazole rings is 1. The quantitative estimate of drug-likeness (QED) is 0.770. The van der Waals surface area contributed by atoms with E-state index in [1.807, 2.05) is 36.2 Å². The number of para-hydroxylation sites is 2. The van der Waals surface area contributed by atoms with Crippen molar-refractivity contribution in [1.29, 1.82) is 0 Å². The highest BCUT2D eigenvalue weighted by molar-refractivity contribution is 5.79. The maximum absolute atomic E-state index is 12.9. The second kappa shape index (κ2) is 8.74. The van der Waals surface area contributed by atoms with E-state index in [4.69, 9.17) is 4.42 Å².